The van der Waals surface area contributed by atoms with E-state index in [4.69, 9.17) is 0 Å². The summed E-state index contributed by atoms with van der Waals surface area (Å²) in [6, 6.07) is 0.614. The molecule has 0 aromatic rings. The Morgan fingerprint density at radius 1 is 1.45 bits per heavy atom. The maximum atomic E-state index is 3.63. The molecule has 0 spiro atoms. The largest absolute Gasteiger partial charge is 0.307 e. The summed E-state index contributed by atoms with van der Waals surface area (Å²) < 4.78 is 0. The smallest absolute Gasteiger partial charge is 0.0436 e. The van der Waals surface area contributed by atoms with Crippen molar-refractivity contribution in [3.63, 3.8) is 0 Å². The van der Waals surface area contributed by atoms with Crippen LogP contribution in [0.15, 0.2) is 0 Å². The Kier molecular flexibility index (Phi) is 2.55. The normalized spacial score (nSPS) is 23.7. The minimum atomic E-state index is 0.433. The third-order valence-electron chi connectivity index (χ3n) is 2.42. The molecule has 0 aliphatic carbocycles. The van der Waals surface area contributed by atoms with Crippen LogP contribution < -0.4 is 5.32 Å². The molecule has 1 aliphatic heterocycles. The SMILES string of the molecule is CCC1(NC(C)C)CN(C)C1. The van der Waals surface area contributed by atoms with Gasteiger partial charge in [-0.2, -0.15) is 0 Å². The van der Waals surface area contributed by atoms with Gasteiger partial charge in [0.15, 0.2) is 0 Å². The number of likely N-dealkylation sites (N-methyl/N-ethyl adjacent to an activating group) is 1. The molecule has 1 N–H and O–H groups in total. The average Bonchev–Trinajstić information content (AvgIpc) is 1.82. The van der Waals surface area contributed by atoms with Crippen LogP contribution in [0.3, 0.4) is 0 Å². The standard InChI is InChI=1S/C9H20N2/c1-5-9(10-8(2)3)6-11(4)7-9/h8,10H,5-7H2,1-4H3. The number of nitrogens with zero attached hydrogens (tertiary/aromatic N) is 1. The molecule has 1 saturated heterocycles. The van der Waals surface area contributed by atoms with Crippen molar-refractivity contribution in [2.75, 3.05) is 20.1 Å². The van der Waals surface area contributed by atoms with Crippen LogP contribution in [0.5, 0.6) is 0 Å². The lowest BCUT2D eigenvalue weighted by molar-refractivity contribution is 0.0551. The van der Waals surface area contributed by atoms with Crippen molar-refractivity contribution in [2.24, 2.45) is 0 Å². The summed E-state index contributed by atoms with van der Waals surface area (Å²) in [6.45, 7) is 9.12. The van der Waals surface area contributed by atoms with E-state index in [0.29, 0.717) is 11.6 Å². The zero-order valence-corrected chi connectivity index (χ0v) is 8.15. The number of rotatable bonds is 3. The quantitative estimate of drug-likeness (QED) is 0.658. The first-order valence-corrected chi connectivity index (χ1v) is 4.54. The van der Waals surface area contributed by atoms with Crippen molar-refractivity contribution in [1.29, 1.82) is 0 Å². The first kappa shape index (κ1) is 9.01. The molecule has 0 aromatic carbocycles. The van der Waals surface area contributed by atoms with Gasteiger partial charge in [-0.3, -0.25) is 0 Å². The second-order valence-corrected chi connectivity index (χ2v) is 4.11. The summed E-state index contributed by atoms with van der Waals surface area (Å²) >= 11 is 0. The van der Waals surface area contributed by atoms with Gasteiger partial charge in [0.05, 0.1) is 0 Å². The number of likely N-dealkylation sites (tertiary alicyclic amines) is 1. The van der Waals surface area contributed by atoms with E-state index in [1.807, 2.05) is 0 Å². The number of hydrogen-bond donors (Lipinski definition) is 1. The fourth-order valence-corrected chi connectivity index (χ4v) is 2.02. The fraction of sp³-hybridized carbons (Fsp3) is 1.00. The van der Waals surface area contributed by atoms with Crippen LogP contribution in [-0.4, -0.2) is 36.6 Å². The van der Waals surface area contributed by atoms with Gasteiger partial charge in [-0.25, -0.2) is 0 Å². The van der Waals surface area contributed by atoms with E-state index in [2.05, 4.69) is 38.0 Å². The van der Waals surface area contributed by atoms with Crippen molar-refractivity contribution in [2.45, 2.75) is 38.8 Å². The Hall–Kier alpha value is -0.0800. The van der Waals surface area contributed by atoms with Gasteiger partial charge < -0.3 is 10.2 Å². The van der Waals surface area contributed by atoms with Crippen LogP contribution in [-0.2, 0) is 0 Å². The number of nitrogens with one attached hydrogen (secondary N) is 1. The highest BCUT2D eigenvalue weighted by molar-refractivity contribution is 5.00. The van der Waals surface area contributed by atoms with Gasteiger partial charge in [0.25, 0.3) is 0 Å². The van der Waals surface area contributed by atoms with Crippen molar-refractivity contribution < 1.29 is 0 Å². The van der Waals surface area contributed by atoms with Gasteiger partial charge in [-0.05, 0) is 13.5 Å². The van der Waals surface area contributed by atoms with Gasteiger partial charge in [0.2, 0.25) is 0 Å². The molecule has 66 valence electrons. The molecular formula is C9H20N2. The second-order valence-electron chi connectivity index (χ2n) is 4.11. The molecule has 0 unspecified atom stereocenters. The predicted molar refractivity (Wildman–Crippen MR) is 48.8 cm³/mol. The Balaban J connectivity index is 2.38. The molecule has 0 amide bonds. The molecule has 0 bridgehead atoms. The zero-order chi connectivity index (χ0) is 8.48. The van der Waals surface area contributed by atoms with E-state index in [-0.39, 0.29) is 0 Å². The van der Waals surface area contributed by atoms with E-state index in [9.17, 15) is 0 Å². The highest BCUT2D eigenvalue weighted by Gasteiger charge is 2.39. The molecule has 2 nitrogen and oxygen atoms in total. The minimum absolute atomic E-state index is 0.433. The monoisotopic (exact) mass is 156 g/mol. The first-order valence-electron chi connectivity index (χ1n) is 4.54. The van der Waals surface area contributed by atoms with E-state index < -0.39 is 0 Å². The summed E-state index contributed by atoms with van der Waals surface area (Å²) in [5.74, 6) is 0. The Labute approximate surface area is 70.0 Å². The van der Waals surface area contributed by atoms with Gasteiger partial charge >= 0.3 is 0 Å². The van der Waals surface area contributed by atoms with Crippen LogP contribution in [0.1, 0.15) is 27.2 Å². The lowest BCUT2D eigenvalue weighted by atomic mass is 9.87. The van der Waals surface area contributed by atoms with Crippen molar-refractivity contribution in [1.82, 2.24) is 10.2 Å². The van der Waals surface area contributed by atoms with E-state index in [1.54, 1.807) is 0 Å². The molecule has 0 atom stereocenters. The van der Waals surface area contributed by atoms with E-state index in [1.165, 1.54) is 19.5 Å². The zero-order valence-electron chi connectivity index (χ0n) is 8.15. The summed E-state index contributed by atoms with van der Waals surface area (Å²) in [4.78, 5) is 2.36. The maximum absolute atomic E-state index is 3.63. The van der Waals surface area contributed by atoms with E-state index in [0.717, 1.165) is 0 Å². The summed E-state index contributed by atoms with van der Waals surface area (Å²) in [5.41, 5.74) is 0.433. The maximum Gasteiger partial charge on any atom is 0.0436 e. The Bertz CT molecular complexity index is 126. The highest BCUT2D eigenvalue weighted by atomic mass is 15.3. The average molecular weight is 156 g/mol. The molecular weight excluding hydrogens is 136 g/mol. The lowest BCUT2D eigenvalue weighted by Crippen LogP contribution is -2.68. The van der Waals surface area contributed by atoms with Crippen LogP contribution >= 0.6 is 0 Å². The molecule has 11 heavy (non-hydrogen) atoms. The lowest BCUT2D eigenvalue weighted by Gasteiger charge is -2.50. The molecule has 1 rings (SSSR count). The highest BCUT2D eigenvalue weighted by Crippen LogP contribution is 2.22. The molecule has 1 aliphatic rings. The van der Waals surface area contributed by atoms with Crippen molar-refractivity contribution in [3.05, 3.63) is 0 Å². The topological polar surface area (TPSA) is 15.3 Å². The third kappa shape index (κ3) is 1.94. The van der Waals surface area contributed by atoms with Gasteiger partial charge in [-0.15, -0.1) is 0 Å². The van der Waals surface area contributed by atoms with Crippen LogP contribution in [0, 0.1) is 0 Å². The number of hydrogen-bond acceptors (Lipinski definition) is 2. The predicted octanol–water partition coefficient (Wildman–Crippen LogP) is 1.08. The van der Waals surface area contributed by atoms with Crippen molar-refractivity contribution >= 4 is 0 Å². The van der Waals surface area contributed by atoms with E-state index >= 15 is 0 Å². The molecule has 0 aromatic heterocycles. The summed E-state index contributed by atoms with van der Waals surface area (Å²) in [5, 5.41) is 3.63. The fourth-order valence-electron chi connectivity index (χ4n) is 2.02. The first-order chi connectivity index (χ1) is 5.08. The molecule has 0 saturated carbocycles. The van der Waals surface area contributed by atoms with Gasteiger partial charge in [-0.1, -0.05) is 20.8 Å². The molecule has 2 heteroatoms. The molecule has 1 heterocycles. The Morgan fingerprint density at radius 3 is 2.27 bits per heavy atom. The third-order valence-corrected chi connectivity index (χ3v) is 2.42. The van der Waals surface area contributed by atoms with Crippen molar-refractivity contribution in [3.8, 4) is 0 Å². The van der Waals surface area contributed by atoms with Crippen LogP contribution in [0.4, 0.5) is 0 Å². The Morgan fingerprint density at radius 2 is 2.00 bits per heavy atom. The minimum Gasteiger partial charge on any atom is -0.307 e. The van der Waals surface area contributed by atoms with Crippen LogP contribution in [0.25, 0.3) is 0 Å². The summed E-state index contributed by atoms with van der Waals surface area (Å²) in [7, 11) is 2.18. The van der Waals surface area contributed by atoms with Gasteiger partial charge in [0.1, 0.15) is 0 Å². The molecule has 1 fully saturated rings. The second kappa shape index (κ2) is 3.11. The van der Waals surface area contributed by atoms with Crippen LogP contribution in [0.2, 0.25) is 0 Å². The molecule has 0 radical (unpaired) electrons. The van der Waals surface area contributed by atoms with Gasteiger partial charge in [0, 0.05) is 24.7 Å². The summed E-state index contributed by atoms with van der Waals surface area (Å²) in [6.07, 6.45) is 1.25.